The molecule has 0 atom stereocenters. The first-order chi connectivity index (χ1) is 13.0. The second kappa shape index (κ2) is 9.09. The van der Waals surface area contributed by atoms with Crippen molar-refractivity contribution in [1.82, 2.24) is 10.2 Å². The maximum Gasteiger partial charge on any atom is 0.253 e. The van der Waals surface area contributed by atoms with Crippen LogP contribution in [0.5, 0.6) is 0 Å². The van der Waals surface area contributed by atoms with Crippen LogP contribution in [0.25, 0.3) is 0 Å². The van der Waals surface area contributed by atoms with E-state index in [-0.39, 0.29) is 11.8 Å². The topological polar surface area (TPSA) is 49.4 Å². The summed E-state index contributed by atoms with van der Waals surface area (Å²) in [5.41, 5.74) is 4.11. The second-order valence-electron chi connectivity index (χ2n) is 7.03. The monoisotopic (exact) mass is 382 g/mol. The predicted octanol–water partition coefficient (Wildman–Crippen LogP) is 3.95. The third-order valence-corrected chi connectivity index (χ3v) is 5.94. The van der Waals surface area contributed by atoms with Gasteiger partial charge in [0.15, 0.2) is 0 Å². The van der Waals surface area contributed by atoms with Gasteiger partial charge in [0.25, 0.3) is 5.91 Å². The molecule has 4 nitrogen and oxygen atoms in total. The standard InChI is InChI=1S/C22H26N2O2S/c1-16-5-6-17(2)20(13-16)27-15-21(25)23-14-18-7-9-19(10-8-18)22(26)24-11-3-4-12-24/h5-10,13H,3-4,11-12,14-15H2,1-2H3,(H,23,25). The molecule has 0 unspecified atom stereocenters. The largest absolute Gasteiger partial charge is 0.351 e. The molecule has 1 aliphatic rings. The van der Waals surface area contributed by atoms with Gasteiger partial charge in [-0.05, 0) is 56.0 Å². The maximum absolute atomic E-state index is 12.3. The van der Waals surface area contributed by atoms with Gasteiger partial charge in [0, 0.05) is 30.1 Å². The van der Waals surface area contributed by atoms with Gasteiger partial charge < -0.3 is 10.2 Å². The molecule has 0 bridgehead atoms. The quantitative estimate of drug-likeness (QED) is 0.770. The minimum absolute atomic E-state index is 0.0122. The zero-order valence-corrected chi connectivity index (χ0v) is 16.8. The van der Waals surface area contributed by atoms with E-state index < -0.39 is 0 Å². The number of nitrogens with one attached hydrogen (secondary N) is 1. The molecule has 1 heterocycles. The Morgan fingerprint density at radius 1 is 1.04 bits per heavy atom. The van der Waals surface area contributed by atoms with Gasteiger partial charge in [0.05, 0.1) is 5.75 Å². The van der Waals surface area contributed by atoms with E-state index in [1.807, 2.05) is 29.2 Å². The zero-order chi connectivity index (χ0) is 19.2. The van der Waals surface area contributed by atoms with Crippen molar-refractivity contribution in [2.45, 2.75) is 38.1 Å². The number of nitrogens with zero attached hydrogens (tertiary/aromatic N) is 1. The van der Waals surface area contributed by atoms with Crippen LogP contribution in [-0.4, -0.2) is 35.6 Å². The summed E-state index contributed by atoms with van der Waals surface area (Å²) >= 11 is 1.56. The van der Waals surface area contributed by atoms with Crippen molar-refractivity contribution in [3.63, 3.8) is 0 Å². The van der Waals surface area contributed by atoms with E-state index in [4.69, 9.17) is 0 Å². The van der Waals surface area contributed by atoms with Gasteiger partial charge in [-0.1, -0.05) is 29.8 Å². The van der Waals surface area contributed by atoms with E-state index in [1.54, 1.807) is 11.8 Å². The molecule has 0 spiro atoms. The third-order valence-electron chi connectivity index (χ3n) is 4.79. The lowest BCUT2D eigenvalue weighted by Crippen LogP contribution is -2.27. The van der Waals surface area contributed by atoms with Gasteiger partial charge in [-0.25, -0.2) is 0 Å². The number of carbonyl (C=O) groups is 2. The number of aryl methyl sites for hydroxylation is 2. The molecule has 1 N–H and O–H groups in total. The van der Waals surface area contributed by atoms with Crippen LogP contribution in [-0.2, 0) is 11.3 Å². The minimum Gasteiger partial charge on any atom is -0.351 e. The summed E-state index contributed by atoms with van der Waals surface area (Å²) in [6.07, 6.45) is 2.19. The molecule has 142 valence electrons. The average Bonchev–Trinajstić information content (AvgIpc) is 3.21. The first-order valence-corrected chi connectivity index (χ1v) is 10.4. The van der Waals surface area contributed by atoms with Gasteiger partial charge in [-0.3, -0.25) is 9.59 Å². The van der Waals surface area contributed by atoms with Gasteiger partial charge in [0.1, 0.15) is 0 Å². The summed E-state index contributed by atoms with van der Waals surface area (Å²) in [5.74, 6) is 0.515. The Labute approximate surface area is 165 Å². The third kappa shape index (κ3) is 5.36. The molecule has 0 saturated carbocycles. The fourth-order valence-corrected chi connectivity index (χ4v) is 4.08. The molecule has 1 fully saturated rings. The number of likely N-dealkylation sites (tertiary alicyclic amines) is 1. The molecule has 3 rings (SSSR count). The first kappa shape index (κ1) is 19.5. The summed E-state index contributed by atoms with van der Waals surface area (Å²) in [5, 5.41) is 2.95. The Morgan fingerprint density at radius 2 is 1.74 bits per heavy atom. The van der Waals surface area contributed by atoms with Crippen LogP contribution in [0.15, 0.2) is 47.4 Å². The number of hydrogen-bond donors (Lipinski definition) is 1. The molecule has 0 radical (unpaired) electrons. The lowest BCUT2D eigenvalue weighted by molar-refractivity contribution is -0.118. The van der Waals surface area contributed by atoms with E-state index in [0.717, 1.165) is 42.0 Å². The van der Waals surface area contributed by atoms with Crippen LogP contribution in [0.2, 0.25) is 0 Å². The van der Waals surface area contributed by atoms with Crippen molar-refractivity contribution >= 4 is 23.6 Å². The Morgan fingerprint density at radius 3 is 2.44 bits per heavy atom. The van der Waals surface area contributed by atoms with Crippen LogP contribution in [0.1, 0.15) is 39.9 Å². The Bertz CT molecular complexity index is 812. The lowest BCUT2D eigenvalue weighted by Gasteiger charge is -2.15. The summed E-state index contributed by atoms with van der Waals surface area (Å²) in [7, 11) is 0. The summed E-state index contributed by atoms with van der Waals surface area (Å²) in [4.78, 5) is 27.5. The molecule has 2 aromatic carbocycles. The maximum atomic E-state index is 12.3. The number of carbonyl (C=O) groups excluding carboxylic acids is 2. The van der Waals surface area contributed by atoms with E-state index in [9.17, 15) is 9.59 Å². The number of hydrogen-bond acceptors (Lipinski definition) is 3. The zero-order valence-electron chi connectivity index (χ0n) is 16.0. The molecule has 27 heavy (non-hydrogen) atoms. The highest BCUT2D eigenvalue weighted by atomic mass is 32.2. The van der Waals surface area contributed by atoms with Crippen molar-refractivity contribution in [2.75, 3.05) is 18.8 Å². The molecule has 1 aliphatic heterocycles. The van der Waals surface area contributed by atoms with Crippen LogP contribution >= 0.6 is 11.8 Å². The molecular weight excluding hydrogens is 356 g/mol. The highest BCUT2D eigenvalue weighted by Crippen LogP contribution is 2.23. The van der Waals surface area contributed by atoms with Gasteiger partial charge in [-0.15, -0.1) is 11.8 Å². The fourth-order valence-electron chi connectivity index (χ4n) is 3.13. The van der Waals surface area contributed by atoms with Crippen molar-refractivity contribution in [2.24, 2.45) is 0 Å². The molecular formula is C22H26N2O2S. The van der Waals surface area contributed by atoms with Crippen LogP contribution in [0, 0.1) is 13.8 Å². The van der Waals surface area contributed by atoms with Crippen molar-refractivity contribution in [1.29, 1.82) is 0 Å². The van der Waals surface area contributed by atoms with Crippen molar-refractivity contribution in [3.8, 4) is 0 Å². The molecule has 1 saturated heterocycles. The summed E-state index contributed by atoms with van der Waals surface area (Å²) in [6, 6.07) is 13.8. The first-order valence-electron chi connectivity index (χ1n) is 9.38. The van der Waals surface area contributed by atoms with Crippen molar-refractivity contribution in [3.05, 3.63) is 64.7 Å². The molecule has 0 aromatic heterocycles. The van der Waals surface area contributed by atoms with Crippen LogP contribution in [0.4, 0.5) is 0 Å². The van der Waals surface area contributed by atoms with E-state index in [2.05, 4.69) is 37.4 Å². The van der Waals surface area contributed by atoms with Gasteiger partial charge in [-0.2, -0.15) is 0 Å². The smallest absolute Gasteiger partial charge is 0.253 e. The van der Waals surface area contributed by atoms with Crippen molar-refractivity contribution < 1.29 is 9.59 Å². The van der Waals surface area contributed by atoms with Crippen LogP contribution in [0.3, 0.4) is 0 Å². The Hall–Kier alpha value is -2.27. The fraction of sp³-hybridized carbons (Fsp3) is 0.364. The average molecular weight is 383 g/mol. The highest BCUT2D eigenvalue weighted by molar-refractivity contribution is 8.00. The second-order valence-corrected chi connectivity index (χ2v) is 8.05. The molecule has 2 amide bonds. The SMILES string of the molecule is Cc1ccc(C)c(SCC(=O)NCc2ccc(C(=O)N3CCCC3)cc2)c1. The van der Waals surface area contributed by atoms with Gasteiger partial charge in [0.2, 0.25) is 5.91 Å². The number of rotatable bonds is 6. The molecule has 0 aliphatic carbocycles. The molecule has 2 aromatic rings. The minimum atomic E-state index is 0.0122. The van der Waals surface area contributed by atoms with Gasteiger partial charge >= 0.3 is 0 Å². The lowest BCUT2D eigenvalue weighted by atomic mass is 10.1. The highest BCUT2D eigenvalue weighted by Gasteiger charge is 2.19. The summed E-state index contributed by atoms with van der Waals surface area (Å²) in [6.45, 7) is 6.31. The van der Waals surface area contributed by atoms with E-state index >= 15 is 0 Å². The number of thioether (sulfide) groups is 1. The normalized spacial score (nSPS) is 13.6. The predicted molar refractivity (Wildman–Crippen MR) is 110 cm³/mol. The van der Waals surface area contributed by atoms with E-state index in [1.165, 1.54) is 11.1 Å². The number of benzene rings is 2. The number of amides is 2. The van der Waals surface area contributed by atoms with Crippen LogP contribution < -0.4 is 5.32 Å². The van der Waals surface area contributed by atoms with E-state index in [0.29, 0.717) is 12.3 Å². The Balaban J connectivity index is 1.47. The summed E-state index contributed by atoms with van der Waals surface area (Å²) < 4.78 is 0. The Kier molecular flexibility index (Phi) is 6.56. The molecule has 5 heteroatoms.